The first-order chi connectivity index (χ1) is 22.3. The Kier molecular flexibility index (Phi) is 14.0. The van der Waals surface area contributed by atoms with Gasteiger partial charge >= 0.3 is 11.9 Å². The minimum atomic E-state index is -1.58. The van der Waals surface area contributed by atoms with E-state index in [-0.39, 0.29) is 19.8 Å². The first-order valence-corrected chi connectivity index (χ1v) is 15.8. The molecule has 3 fully saturated rings. The van der Waals surface area contributed by atoms with Gasteiger partial charge in [0.25, 0.3) is 0 Å². The van der Waals surface area contributed by atoms with E-state index in [4.69, 9.17) is 42.6 Å². The van der Waals surface area contributed by atoms with Crippen molar-refractivity contribution in [1.82, 2.24) is 0 Å². The Labute approximate surface area is 268 Å². The van der Waals surface area contributed by atoms with Crippen molar-refractivity contribution in [2.75, 3.05) is 26.4 Å². The molecule has 1 aromatic carbocycles. The van der Waals surface area contributed by atoms with Gasteiger partial charge in [-0.25, -0.2) is 0 Å². The number of nitrogens with zero attached hydrogens (tertiary/aromatic N) is 3. The van der Waals surface area contributed by atoms with Crippen molar-refractivity contribution in [3.05, 3.63) is 46.3 Å². The summed E-state index contributed by atoms with van der Waals surface area (Å²) in [5.41, 5.74) is 10.1. The number of hydrogen-bond donors (Lipinski definition) is 1. The van der Waals surface area contributed by atoms with Gasteiger partial charge < -0.3 is 47.7 Å². The number of aliphatic hydroxyl groups is 1. The number of rotatable bonds is 15. The molecule has 0 amide bonds. The summed E-state index contributed by atoms with van der Waals surface area (Å²) in [5, 5.41) is 14.5. The third kappa shape index (κ3) is 9.37. The third-order valence-corrected chi connectivity index (χ3v) is 7.83. The molecule has 256 valence electrons. The van der Waals surface area contributed by atoms with Crippen molar-refractivity contribution >= 4 is 11.9 Å². The van der Waals surface area contributed by atoms with Crippen LogP contribution in [0.3, 0.4) is 0 Å². The van der Waals surface area contributed by atoms with Crippen molar-refractivity contribution in [2.45, 2.75) is 121 Å². The lowest BCUT2D eigenvalue weighted by Crippen LogP contribution is -2.67. The Balaban J connectivity index is 1.68. The molecule has 1 N–H and O–H groups in total. The highest BCUT2D eigenvalue weighted by molar-refractivity contribution is 5.66. The number of hydrogen-bond acceptors (Lipinski definition) is 13. The molecule has 0 aromatic heterocycles. The van der Waals surface area contributed by atoms with Crippen molar-refractivity contribution in [3.63, 3.8) is 0 Å². The molecule has 1 aromatic rings. The molecule has 3 aliphatic rings. The lowest BCUT2D eigenvalue weighted by molar-refractivity contribution is -0.384. The van der Waals surface area contributed by atoms with Gasteiger partial charge in [-0.2, -0.15) is 0 Å². The number of carbonyl (C=O) groups excluding carboxylic acids is 2. The van der Waals surface area contributed by atoms with Crippen LogP contribution in [0.4, 0.5) is 0 Å². The van der Waals surface area contributed by atoms with Crippen molar-refractivity contribution in [3.8, 4) is 0 Å². The van der Waals surface area contributed by atoms with E-state index in [1.807, 2.05) is 44.2 Å². The fraction of sp³-hybridized carbons (Fsp3) is 0.742. The van der Waals surface area contributed by atoms with Crippen molar-refractivity contribution < 1.29 is 57.3 Å². The van der Waals surface area contributed by atoms with Gasteiger partial charge in [-0.05, 0) is 18.4 Å². The normalized spacial score (nSPS) is 34.2. The highest BCUT2D eigenvalue weighted by atomic mass is 16.8. The molecule has 46 heavy (non-hydrogen) atoms. The second-order valence-electron chi connectivity index (χ2n) is 11.3. The highest BCUT2D eigenvalue weighted by Gasteiger charge is 2.56. The SMILES string of the molecule is CCCCOC1[C@@H]2OC(c3ccccc3)OCC2O[C@@H](O[C@@H]2C(COC(C)=O)O[C@H](O)C(N=[N+]=[N-])[C@H]2OCCCC)[C@H]1OC(C)=O. The van der Waals surface area contributed by atoms with Gasteiger partial charge in [-0.1, -0.05) is 62.1 Å². The smallest absolute Gasteiger partial charge is 0.303 e. The molecule has 3 heterocycles. The number of carbonyl (C=O) groups is 2. The number of ether oxygens (including phenoxy) is 9. The van der Waals surface area contributed by atoms with Crippen LogP contribution < -0.4 is 0 Å². The number of fused-ring (bicyclic) bond motifs is 1. The Morgan fingerprint density at radius 2 is 1.65 bits per heavy atom. The van der Waals surface area contributed by atoms with Gasteiger partial charge in [0, 0.05) is 37.5 Å². The number of azide groups is 1. The molecular weight excluding hydrogens is 606 g/mol. The molecule has 0 saturated carbocycles. The van der Waals surface area contributed by atoms with E-state index in [0.717, 1.165) is 24.8 Å². The van der Waals surface area contributed by atoms with Crippen LogP contribution in [0, 0.1) is 0 Å². The number of benzene rings is 1. The quantitative estimate of drug-likeness (QED) is 0.0958. The fourth-order valence-corrected chi connectivity index (χ4v) is 5.60. The Morgan fingerprint density at radius 1 is 0.957 bits per heavy atom. The highest BCUT2D eigenvalue weighted by Crippen LogP contribution is 2.39. The molecular formula is C31H45N3O12. The summed E-state index contributed by atoms with van der Waals surface area (Å²) < 4.78 is 54.6. The lowest BCUT2D eigenvalue weighted by Gasteiger charge is -2.50. The average molecular weight is 652 g/mol. The van der Waals surface area contributed by atoms with Crippen LogP contribution in [0.1, 0.15) is 65.2 Å². The summed E-state index contributed by atoms with van der Waals surface area (Å²) in [7, 11) is 0. The predicted molar refractivity (Wildman–Crippen MR) is 159 cm³/mol. The van der Waals surface area contributed by atoms with Crippen molar-refractivity contribution in [2.24, 2.45) is 5.11 Å². The first-order valence-electron chi connectivity index (χ1n) is 15.8. The Bertz CT molecular complexity index is 1150. The maximum absolute atomic E-state index is 12.5. The van der Waals surface area contributed by atoms with Gasteiger partial charge in [-0.3, -0.25) is 9.59 Å². The molecule has 4 rings (SSSR count). The molecule has 15 heteroatoms. The van der Waals surface area contributed by atoms with Gasteiger partial charge in [0.15, 0.2) is 25.0 Å². The topological polar surface area (TPSA) is 186 Å². The minimum Gasteiger partial charge on any atom is -0.463 e. The van der Waals surface area contributed by atoms with Crippen LogP contribution >= 0.6 is 0 Å². The van der Waals surface area contributed by atoms with Crippen LogP contribution in [-0.4, -0.2) is 105 Å². The van der Waals surface area contributed by atoms with Gasteiger partial charge in [0.1, 0.15) is 43.2 Å². The number of aliphatic hydroxyl groups excluding tert-OH is 1. The van der Waals surface area contributed by atoms with Gasteiger partial charge in [0.2, 0.25) is 0 Å². The summed E-state index contributed by atoms with van der Waals surface area (Å²) >= 11 is 0. The molecule has 3 aliphatic heterocycles. The minimum absolute atomic E-state index is 0.110. The third-order valence-electron chi connectivity index (χ3n) is 7.83. The van der Waals surface area contributed by atoms with E-state index >= 15 is 0 Å². The summed E-state index contributed by atoms with van der Waals surface area (Å²) in [4.78, 5) is 27.1. The standard InChI is InChI=1S/C31H45N3O12/c1-5-7-14-38-26-23(33-34-32)29(37)43-21(16-40-18(3)35)24(26)46-31-28(42-19(4)36)27(39-15-8-6-2)25-22(44-31)17-41-30(45-25)20-12-10-9-11-13-20/h9-13,21-31,37H,5-8,14-17H2,1-4H3/t21?,22?,23?,24-,25-,26-,27?,28+,29+,30?,31+/m1/s1. The Hall–Kier alpha value is -2.85. The van der Waals surface area contributed by atoms with E-state index in [9.17, 15) is 20.2 Å². The first kappa shape index (κ1) is 36.0. The van der Waals surface area contributed by atoms with E-state index in [2.05, 4.69) is 10.0 Å². The summed E-state index contributed by atoms with van der Waals surface area (Å²) in [6.07, 6.45) is -7.07. The fourth-order valence-electron chi connectivity index (χ4n) is 5.60. The number of unbranched alkanes of at least 4 members (excludes halogenated alkanes) is 2. The second kappa shape index (κ2) is 17.9. The van der Waals surface area contributed by atoms with E-state index < -0.39 is 79.6 Å². The van der Waals surface area contributed by atoms with Crippen LogP contribution in [0.25, 0.3) is 10.4 Å². The summed E-state index contributed by atoms with van der Waals surface area (Å²) in [6.45, 7) is 6.91. The molecule has 0 bridgehead atoms. The second-order valence-corrected chi connectivity index (χ2v) is 11.3. The van der Waals surface area contributed by atoms with Crippen molar-refractivity contribution in [1.29, 1.82) is 0 Å². The zero-order chi connectivity index (χ0) is 33.1. The van der Waals surface area contributed by atoms with Crippen LogP contribution in [0.2, 0.25) is 0 Å². The zero-order valence-corrected chi connectivity index (χ0v) is 26.7. The largest absolute Gasteiger partial charge is 0.463 e. The molecule has 3 saturated heterocycles. The van der Waals surface area contributed by atoms with Gasteiger partial charge in [0.05, 0.1) is 12.7 Å². The number of esters is 2. The zero-order valence-electron chi connectivity index (χ0n) is 26.7. The van der Waals surface area contributed by atoms with E-state index in [1.54, 1.807) is 0 Å². The van der Waals surface area contributed by atoms with Crippen LogP contribution in [0.15, 0.2) is 35.4 Å². The Morgan fingerprint density at radius 3 is 2.28 bits per heavy atom. The predicted octanol–water partition coefficient (Wildman–Crippen LogP) is 3.47. The monoisotopic (exact) mass is 651 g/mol. The molecule has 5 unspecified atom stereocenters. The molecule has 15 nitrogen and oxygen atoms in total. The maximum Gasteiger partial charge on any atom is 0.303 e. The van der Waals surface area contributed by atoms with E-state index in [0.29, 0.717) is 13.0 Å². The lowest BCUT2D eigenvalue weighted by atomic mass is 9.95. The average Bonchev–Trinajstić information content (AvgIpc) is 3.04. The summed E-state index contributed by atoms with van der Waals surface area (Å²) in [6, 6.07) is 8.21. The maximum atomic E-state index is 12.5. The van der Waals surface area contributed by atoms with Gasteiger partial charge in [-0.15, -0.1) is 0 Å². The molecule has 0 aliphatic carbocycles. The van der Waals surface area contributed by atoms with E-state index in [1.165, 1.54) is 13.8 Å². The molecule has 11 atom stereocenters. The molecule has 0 radical (unpaired) electrons. The summed E-state index contributed by atoms with van der Waals surface area (Å²) in [5.74, 6) is -1.19. The van der Waals surface area contributed by atoms with Crippen LogP contribution in [0.5, 0.6) is 0 Å². The van der Waals surface area contributed by atoms with Crippen LogP contribution in [-0.2, 0) is 52.2 Å². The molecule has 0 spiro atoms.